The molecule has 3 saturated heterocycles. The van der Waals surface area contributed by atoms with Crippen molar-refractivity contribution in [2.75, 3.05) is 19.8 Å². The molecule has 17 N–H and O–H groups in total. The number of aliphatic hydroxyl groups excluding tert-OH is 7. The fourth-order valence-electron chi connectivity index (χ4n) is 6.66. The molecular formula is C30H51N5O14. The first-order valence-electron chi connectivity index (χ1n) is 16.3. The van der Waals surface area contributed by atoms with E-state index in [0.29, 0.717) is 0 Å². The van der Waals surface area contributed by atoms with E-state index in [1.54, 1.807) is 0 Å². The normalized spacial score (nSPS) is 47.7. The molecule has 1 aromatic carbocycles. The molecular weight excluding hydrogens is 654 g/mol. The van der Waals surface area contributed by atoms with E-state index in [1.165, 1.54) is 0 Å². The molecule has 0 radical (unpaired) electrons. The minimum Gasteiger partial charge on any atom is -0.394 e. The molecule has 17 unspecified atom stereocenters. The zero-order valence-corrected chi connectivity index (χ0v) is 26.8. The Bertz CT molecular complexity index is 1160. The molecule has 1 saturated carbocycles. The van der Waals surface area contributed by atoms with Crippen molar-refractivity contribution in [3.8, 4) is 0 Å². The van der Waals surface area contributed by atoms with E-state index < -0.39 is 129 Å². The Morgan fingerprint density at radius 1 is 0.592 bits per heavy atom. The summed E-state index contributed by atoms with van der Waals surface area (Å²) < 4.78 is 41.2. The van der Waals surface area contributed by atoms with Gasteiger partial charge in [-0.15, -0.1) is 0 Å². The van der Waals surface area contributed by atoms with Crippen LogP contribution in [0.2, 0.25) is 0 Å². The second-order valence-electron chi connectivity index (χ2n) is 13.0. The van der Waals surface area contributed by atoms with Crippen LogP contribution in [0.1, 0.15) is 12.0 Å². The molecule has 3 heterocycles. The number of benzene rings is 1. The van der Waals surface area contributed by atoms with Crippen LogP contribution >= 0.6 is 0 Å². The van der Waals surface area contributed by atoms with Crippen LogP contribution in [-0.2, 0) is 39.8 Å². The molecule has 0 amide bonds. The minimum atomic E-state index is -1.62. The molecule has 0 spiro atoms. The summed E-state index contributed by atoms with van der Waals surface area (Å²) >= 11 is 0. The summed E-state index contributed by atoms with van der Waals surface area (Å²) in [6, 6.07) is 4.99. The smallest absolute Gasteiger partial charge is 0.187 e. The van der Waals surface area contributed by atoms with Crippen LogP contribution in [0.3, 0.4) is 0 Å². The molecule has 1 aromatic rings. The first-order chi connectivity index (χ1) is 23.4. The second-order valence-corrected chi connectivity index (χ2v) is 13.0. The van der Waals surface area contributed by atoms with Crippen molar-refractivity contribution in [2.24, 2.45) is 28.7 Å². The van der Waals surface area contributed by atoms with E-state index >= 15 is 0 Å². The van der Waals surface area contributed by atoms with Crippen molar-refractivity contribution in [1.29, 1.82) is 0 Å². The number of hydrogen-bond acceptors (Lipinski definition) is 19. The van der Waals surface area contributed by atoms with Crippen molar-refractivity contribution in [2.45, 2.75) is 129 Å². The van der Waals surface area contributed by atoms with Crippen molar-refractivity contribution < 1.29 is 68.9 Å². The minimum absolute atomic E-state index is 0.0783. The highest BCUT2D eigenvalue weighted by atomic mass is 16.8. The first-order valence-corrected chi connectivity index (χ1v) is 16.3. The lowest BCUT2D eigenvalue weighted by molar-refractivity contribution is -0.315. The van der Waals surface area contributed by atoms with Crippen molar-refractivity contribution in [3.05, 3.63) is 35.9 Å². The number of rotatable bonds is 12. The zero-order chi connectivity index (χ0) is 35.6. The van der Waals surface area contributed by atoms with Gasteiger partial charge in [0.15, 0.2) is 18.9 Å². The maximum atomic E-state index is 11.2. The van der Waals surface area contributed by atoms with Gasteiger partial charge in [-0.2, -0.15) is 0 Å². The van der Waals surface area contributed by atoms with Crippen LogP contribution in [0.4, 0.5) is 0 Å². The van der Waals surface area contributed by atoms with Gasteiger partial charge in [0.1, 0.15) is 67.1 Å². The van der Waals surface area contributed by atoms with Gasteiger partial charge in [0.2, 0.25) is 0 Å². The van der Waals surface area contributed by atoms with Crippen LogP contribution in [0.25, 0.3) is 0 Å². The Hall–Kier alpha value is -1.54. The maximum Gasteiger partial charge on any atom is 0.187 e. The lowest BCUT2D eigenvalue weighted by Gasteiger charge is -2.47. The summed E-state index contributed by atoms with van der Waals surface area (Å²) in [4.78, 5) is 0. The summed E-state index contributed by atoms with van der Waals surface area (Å²) in [5.41, 5.74) is 31.4. The molecule has 3 aliphatic heterocycles. The highest BCUT2D eigenvalue weighted by molar-refractivity contribution is 5.13. The van der Waals surface area contributed by atoms with E-state index in [9.17, 15) is 35.7 Å². The second kappa shape index (κ2) is 16.9. The van der Waals surface area contributed by atoms with E-state index in [2.05, 4.69) is 0 Å². The lowest BCUT2D eigenvalue weighted by Crippen LogP contribution is -2.68. The van der Waals surface area contributed by atoms with Crippen LogP contribution < -0.4 is 28.7 Å². The number of hydrogen-bond donors (Lipinski definition) is 12. The summed E-state index contributed by atoms with van der Waals surface area (Å²) in [7, 11) is 0. The zero-order valence-electron chi connectivity index (χ0n) is 26.8. The Balaban J connectivity index is 1.28. The molecule has 4 aliphatic rings. The highest BCUT2D eigenvalue weighted by Gasteiger charge is 2.54. The molecule has 49 heavy (non-hydrogen) atoms. The molecule has 0 aromatic heterocycles. The van der Waals surface area contributed by atoms with Crippen LogP contribution in [0.15, 0.2) is 30.3 Å². The number of ether oxygens (including phenoxy) is 7. The molecule has 4 fully saturated rings. The SMILES string of the molecule is NCC1OC(OC2C(CO)O[C@@H](OC3C(OC4OC(CO)C(OCc5ccccc5)C(O)C4N)C(N)C[C@@H](N)C3O)C2O)C(N)C(O)C1O. The average molecular weight is 706 g/mol. The van der Waals surface area contributed by atoms with Gasteiger partial charge in [-0.1, -0.05) is 30.3 Å². The average Bonchev–Trinajstić information content (AvgIpc) is 3.39. The fraction of sp³-hybridized carbons (Fsp3) is 0.800. The lowest BCUT2D eigenvalue weighted by atomic mass is 9.84. The number of nitrogens with two attached hydrogens (primary N) is 5. The van der Waals surface area contributed by atoms with Crippen molar-refractivity contribution in [1.82, 2.24) is 0 Å². The molecule has 19 nitrogen and oxygen atoms in total. The van der Waals surface area contributed by atoms with E-state index in [0.717, 1.165) is 5.56 Å². The quantitative estimate of drug-likeness (QED) is 0.0961. The third-order valence-electron chi connectivity index (χ3n) is 9.58. The monoisotopic (exact) mass is 705 g/mol. The largest absolute Gasteiger partial charge is 0.394 e. The molecule has 280 valence electrons. The third-order valence-corrected chi connectivity index (χ3v) is 9.58. The van der Waals surface area contributed by atoms with Gasteiger partial charge in [0.05, 0.1) is 38.0 Å². The van der Waals surface area contributed by atoms with Crippen molar-refractivity contribution in [3.63, 3.8) is 0 Å². The van der Waals surface area contributed by atoms with Gasteiger partial charge in [-0.25, -0.2) is 0 Å². The van der Waals surface area contributed by atoms with Gasteiger partial charge in [0, 0.05) is 18.6 Å². The van der Waals surface area contributed by atoms with Crippen LogP contribution in [-0.4, -0.2) is 172 Å². The summed E-state index contributed by atoms with van der Waals surface area (Å²) in [6.45, 7) is -1.25. The summed E-state index contributed by atoms with van der Waals surface area (Å²) in [6.07, 6.45) is -19.6. The third kappa shape index (κ3) is 8.26. The Morgan fingerprint density at radius 3 is 1.78 bits per heavy atom. The summed E-state index contributed by atoms with van der Waals surface area (Å²) in [5.74, 6) is 0. The standard InChI is InChI=1S/C30H51N5O14/c31-7-14-20(39)21(40)17(34)28(44-14)48-26-16(9-37)46-30(23(26)42)49-27-19(38)12(32)6-13(33)24(27)47-29-18(35)22(41)25(15(8-36)45-29)43-10-11-4-2-1-3-5-11/h1-5,12-30,36-42H,6-10,31-35H2/t12-,13?,14?,15?,16?,17?,18?,19?,20?,21?,22?,23?,24?,25?,26?,27?,28?,29?,30+/m1/s1. The van der Waals surface area contributed by atoms with Gasteiger partial charge < -0.3 is 97.6 Å². The van der Waals surface area contributed by atoms with Crippen LogP contribution in [0, 0.1) is 0 Å². The maximum absolute atomic E-state index is 11.2. The van der Waals surface area contributed by atoms with E-state index in [1.807, 2.05) is 30.3 Å². The predicted octanol–water partition coefficient (Wildman–Crippen LogP) is -6.64. The molecule has 1 aliphatic carbocycles. The Labute approximate surface area is 282 Å². The van der Waals surface area contributed by atoms with Gasteiger partial charge in [-0.3, -0.25) is 0 Å². The molecule has 19 heteroatoms. The summed E-state index contributed by atoms with van der Waals surface area (Å²) in [5, 5.41) is 74.2. The van der Waals surface area contributed by atoms with Gasteiger partial charge in [-0.05, 0) is 12.0 Å². The van der Waals surface area contributed by atoms with Gasteiger partial charge in [0.25, 0.3) is 0 Å². The van der Waals surface area contributed by atoms with Crippen LogP contribution in [0.5, 0.6) is 0 Å². The Kier molecular flexibility index (Phi) is 13.3. The molecule has 19 atom stereocenters. The highest BCUT2D eigenvalue weighted by Crippen LogP contribution is 2.34. The Morgan fingerprint density at radius 2 is 1.14 bits per heavy atom. The van der Waals surface area contributed by atoms with Crippen molar-refractivity contribution >= 4 is 0 Å². The number of aliphatic hydroxyl groups is 7. The first kappa shape index (κ1) is 38.7. The predicted molar refractivity (Wildman–Crippen MR) is 165 cm³/mol. The topological polar surface area (TPSA) is 336 Å². The molecule has 5 rings (SSSR count). The van der Waals surface area contributed by atoms with E-state index in [-0.39, 0.29) is 19.6 Å². The fourth-order valence-corrected chi connectivity index (χ4v) is 6.66. The van der Waals surface area contributed by atoms with E-state index in [4.69, 9.17) is 61.8 Å². The molecule has 0 bridgehead atoms. The van der Waals surface area contributed by atoms with Gasteiger partial charge >= 0.3 is 0 Å².